The van der Waals surface area contributed by atoms with E-state index in [4.69, 9.17) is 26.4 Å². The third-order valence-corrected chi connectivity index (χ3v) is 5.69. The van der Waals surface area contributed by atoms with Gasteiger partial charge in [-0.2, -0.15) is 0 Å². The van der Waals surface area contributed by atoms with Gasteiger partial charge in [-0.3, -0.25) is 15.6 Å². The summed E-state index contributed by atoms with van der Waals surface area (Å²) in [5, 5.41) is 3.72. The van der Waals surface area contributed by atoms with Crippen LogP contribution in [0.25, 0.3) is 6.08 Å². The fourth-order valence-electron chi connectivity index (χ4n) is 3.50. The average molecular weight is 422 g/mol. The zero-order valence-electron chi connectivity index (χ0n) is 17.7. The molecule has 0 aromatic heterocycles. The first kappa shape index (κ1) is 22.8. The minimum absolute atomic E-state index is 0.321. The minimum atomic E-state index is -0.337. The average Bonchev–Trinajstić information content (AvgIpc) is 2.73. The van der Waals surface area contributed by atoms with E-state index in [0.29, 0.717) is 45.8 Å². The Kier molecular flexibility index (Phi) is 8.57. The normalized spacial score (nSPS) is 21.3. The van der Waals surface area contributed by atoms with E-state index in [2.05, 4.69) is 30.0 Å². The zero-order valence-corrected chi connectivity index (χ0v) is 18.5. The van der Waals surface area contributed by atoms with Crippen molar-refractivity contribution in [2.24, 2.45) is 11.8 Å². The summed E-state index contributed by atoms with van der Waals surface area (Å²) in [5.41, 5.74) is 6.03. The van der Waals surface area contributed by atoms with Crippen LogP contribution in [0.1, 0.15) is 38.7 Å². The molecule has 0 heterocycles. The number of hydrazine groups is 1. The predicted octanol–water partition coefficient (Wildman–Crippen LogP) is 3.05. The van der Waals surface area contributed by atoms with Crippen LogP contribution in [0.2, 0.25) is 0 Å². The van der Waals surface area contributed by atoms with Gasteiger partial charge >= 0.3 is 0 Å². The van der Waals surface area contributed by atoms with Gasteiger partial charge < -0.3 is 19.5 Å². The molecule has 3 atom stereocenters. The molecule has 1 saturated carbocycles. The highest BCUT2D eigenvalue weighted by molar-refractivity contribution is 7.80. The lowest BCUT2D eigenvalue weighted by Gasteiger charge is -2.35. The lowest BCUT2D eigenvalue weighted by atomic mass is 9.78. The van der Waals surface area contributed by atoms with Gasteiger partial charge in [-0.1, -0.05) is 26.7 Å². The Morgan fingerprint density at radius 1 is 1.03 bits per heavy atom. The van der Waals surface area contributed by atoms with Gasteiger partial charge in [0.1, 0.15) is 5.75 Å². The van der Waals surface area contributed by atoms with Crippen molar-refractivity contribution < 1.29 is 19.0 Å². The van der Waals surface area contributed by atoms with Gasteiger partial charge in [0.2, 0.25) is 0 Å². The maximum atomic E-state index is 12.2. The summed E-state index contributed by atoms with van der Waals surface area (Å²) in [5.74, 6) is 2.53. The molecule has 1 aliphatic rings. The Morgan fingerprint density at radius 3 is 2.34 bits per heavy atom. The molecule has 160 valence electrons. The lowest BCUT2D eigenvalue weighted by molar-refractivity contribution is -0.116. The first-order valence-corrected chi connectivity index (χ1v) is 10.1. The van der Waals surface area contributed by atoms with E-state index in [0.717, 1.165) is 6.42 Å². The molecule has 0 saturated heterocycles. The Bertz CT molecular complexity index is 754. The second kappa shape index (κ2) is 10.9. The van der Waals surface area contributed by atoms with Crippen LogP contribution in [0.5, 0.6) is 17.2 Å². The Balaban J connectivity index is 1.92. The SMILES string of the molecule is COc1cc(OC)c(OC)cc1/C=C/C(=O)NNC(=S)N[C@@H]1CCC[C@H](C)[C@H]1C. The van der Waals surface area contributed by atoms with Crippen LogP contribution in [0.3, 0.4) is 0 Å². The molecule has 0 bridgehead atoms. The number of nitrogens with one attached hydrogen (secondary N) is 3. The van der Waals surface area contributed by atoms with Crippen LogP contribution in [0.15, 0.2) is 18.2 Å². The van der Waals surface area contributed by atoms with Crippen LogP contribution in [-0.2, 0) is 4.79 Å². The van der Waals surface area contributed by atoms with Crippen LogP contribution >= 0.6 is 12.2 Å². The molecule has 0 aliphatic heterocycles. The number of rotatable bonds is 6. The van der Waals surface area contributed by atoms with E-state index in [9.17, 15) is 4.79 Å². The van der Waals surface area contributed by atoms with E-state index in [1.54, 1.807) is 39.5 Å². The van der Waals surface area contributed by atoms with Gasteiger partial charge in [0, 0.05) is 23.7 Å². The quantitative estimate of drug-likeness (QED) is 0.370. The van der Waals surface area contributed by atoms with Gasteiger partial charge in [-0.05, 0) is 42.6 Å². The number of methoxy groups -OCH3 is 3. The van der Waals surface area contributed by atoms with Crippen molar-refractivity contribution in [1.82, 2.24) is 16.2 Å². The third-order valence-electron chi connectivity index (χ3n) is 5.47. The van der Waals surface area contributed by atoms with E-state index in [1.165, 1.54) is 18.9 Å². The summed E-state index contributed by atoms with van der Waals surface area (Å²) in [4.78, 5) is 12.2. The van der Waals surface area contributed by atoms with E-state index < -0.39 is 0 Å². The number of carbonyl (C=O) groups excluding carboxylic acids is 1. The van der Waals surface area contributed by atoms with Crippen molar-refractivity contribution in [2.45, 2.75) is 39.2 Å². The number of benzene rings is 1. The molecule has 1 aliphatic carbocycles. The first-order chi connectivity index (χ1) is 13.9. The number of carbonyl (C=O) groups is 1. The smallest absolute Gasteiger partial charge is 0.262 e. The largest absolute Gasteiger partial charge is 0.496 e. The number of hydrogen-bond donors (Lipinski definition) is 3. The highest BCUT2D eigenvalue weighted by Crippen LogP contribution is 2.35. The summed E-state index contributed by atoms with van der Waals surface area (Å²) in [6.45, 7) is 4.51. The van der Waals surface area contributed by atoms with Crippen molar-refractivity contribution in [3.63, 3.8) is 0 Å². The van der Waals surface area contributed by atoms with Gasteiger partial charge in [-0.25, -0.2) is 0 Å². The molecule has 8 heteroatoms. The maximum Gasteiger partial charge on any atom is 0.262 e. The fourth-order valence-corrected chi connectivity index (χ4v) is 3.70. The Morgan fingerprint density at radius 2 is 1.69 bits per heavy atom. The first-order valence-electron chi connectivity index (χ1n) is 9.74. The predicted molar refractivity (Wildman–Crippen MR) is 118 cm³/mol. The summed E-state index contributed by atoms with van der Waals surface area (Å²) < 4.78 is 15.9. The van der Waals surface area contributed by atoms with Crippen LogP contribution < -0.4 is 30.4 Å². The summed E-state index contributed by atoms with van der Waals surface area (Å²) in [7, 11) is 4.66. The zero-order chi connectivity index (χ0) is 21.4. The Hall–Kier alpha value is -2.48. The molecule has 29 heavy (non-hydrogen) atoms. The van der Waals surface area contributed by atoms with Crippen molar-refractivity contribution in [3.8, 4) is 17.2 Å². The van der Waals surface area contributed by atoms with Crippen LogP contribution in [0.4, 0.5) is 0 Å². The van der Waals surface area contributed by atoms with Crippen molar-refractivity contribution >= 4 is 29.3 Å². The van der Waals surface area contributed by atoms with Gasteiger partial charge in [0.05, 0.1) is 21.3 Å². The molecule has 1 aromatic rings. The topological polar surface area (TPSA) is 80.9 Å². The number of amides is 1. The van der Waals surface area contributed by atoms with E-state index in [-0.39, 0.29) is 5.91 Å². The third kappa shape index (κ3) is 6.25. The van der Waals surface area contributed by atoms with Crippen molar-refractivity contribution in [1.29, 1.82) is 0 Å². The molecule has 1 fully saturated rings. The monoisotopic (exact) mass is 421 g/mol. The molecule has 1 aromatic carbocycles. The number of hydrogen-bond acceptors (Lipinski definition) is 5. The highest BCUT2D eigenvalue weighted by Gasteiger charge is 2.27. The minimum Gasteiger partial charge on any atom is -0.496 e. The maximum absolute atomic E-state index is 12.2. The number of ether oxygens (including phenoxy) is 3. The second-order valence-corrected chi connectivity index (χ2v) is 7.65. The van der Waals surface area contributed by atoms with E-state index >= 15 is 0 Å². The van der Waals surface area contributed by atoms with Crippen LogP contribution in [0, 0.1) is 11.8 Å². The molecule has 2 rings (SSSR count). The van der Waals surface area contributed by atoms with Crippen LogP contribution in [-0.4, -0.2) is 38.4 Å². The molecule has 0 radical (unpaired) electrons. The van der Waals surface area contributed by atoms with Crippen molar-refractivity contribution in [2.75, 3.05) is 21.3 Å². The standard InChI is InChI=1S/C21H31N3O4S/c1-13-7-6-8-16(14(13)2)22-21(29)24-23-20(25)10-9-15-11-18(27-4)19(28-5)12-17(15)26-3/h9-14,16H,6-8H2,1-5H3,(H,23,25)(H2,22,24,29)/b10-9+/t13-,14+,16+/m0/s1. The molecule has 3 N–H and O–H groups in total. The van der Waals surface area contributed by atoms with Gasteiger partial charge in [0.25, 0.3) is 5.91 Å². The van der Waals surface area contributed by atoms with Gasteiger partial charge in [-0.15, -0.1) is 0 Å². The summed E-state index contributed by atoms with van der Waals surface area (Å²) in [6, 6.07) is 3.77. The van der Waals surface area contributed by atoms with E-state index in [1.807, 2.05) is 0 Å². The molecule has 7 nitrogen and oxygen atoms in total. The highest BCUT2D eigenvalue weighted by atomic mass is 32.1. The molecule has 0 unspecified atom stereocenters. The second-order valence-electron chi connectivity index (χ2n) is 7.24. The molecule has 0 spiro atoms. The molecular formula is C21H31N3O4S. The van der Waals surface area contributed by atoms with Gasteiger partial charge in [0.15, 0.2) is 16.6 Å². The molecule has 1 amide bonds. The number of thiocarbonyl (C=S) groups is 1. The lowest BCUT2D eigenvalue weighted by Crippen LogP contribution is -2.52. The van der Waals surface area contributed by atoms with Crippen molar-refractivity contribution in [3.05, 3.63) is 23.8 Å². The fraction of sp³-hybridized carbons (Fsp3) is 0.524. The molecular weight excluding hydrogens is 390 g/mol. The summed E-state index contributed by atoms with van der Waals surface area (Å²) in [6.07, 6.45) is 6.55. The summed E-state index contributed by atoms with van der Waals surface area (Å²) >= 11 is 5.31. The Labute approximate surface area is 178 Å².